The van der Waals surface area contributed by atoms with Gasteiger partial charge < -0.3 is 5.11 Å². The number of halogens is 1. The van der Waals surface area contributed by atoms with Crippen molar-refractivity contribution in [2.24, 2.45) is 0 Å². The molecule has 2 nitrogen and oxygen atoms in total. The van der Waals surface area contributed by atoms with Crippen LogP contribution in [0.4, 0.5) is 0 Å². The molecular weight excluding hydrogens is 162 g/mol. The molecule has 3 heteroatoms. The molecule has 1 heterocycles. The third-order valence-corrected chi connectivity index (χ3v) is 1.57. The number of hydrogen-bond donors (Lipinski definition) is 1. The normalized spacial score (nSPS) is 12.1. The van der Waals surface area contributed by atoms with Crippen LogP contribution in [0.2, 0.25) is 5.02 Å². The first-order valence-electron chi connectivity index (χ1n) is 2.99. The van der Waals surface area contributed by atoms with Crippen LogP contribution in [0.1, 0.15) is 11.7 Å². The Morgan fingerprint density at radius 2 is 2.45 bits per heavy atom. The van der Waals surface area contributed by atoms with E-state index in [4.69, 9.17) is 23.1 Å². The highest BCUT2D eigenvalue weighted by Gasteiger charge is 2.06. The summed E-state index contributed by atoms with van der Waals surface area (Å²) in [6.07, 6.45) is 7.03. The second-order valence-electron chi connectivity index (χ2n) is 1.97. The Hall–Kier alpha value is -1.04. The molecule has 0 aliphatic rings. The molecule has 0 saturated heterocycles. The smallest absolute Gasteiger partial charge is 0.141 e. The average Bonchev–Trinajstić information content (AvgIpc) is 2.04. The molecule has 0 aliphatic heterocycles. The molecule has 1 aromatic rings. The fourth-order valence-corrected chi connectivity index (χ4v) is 0.920. The Morgan fingerprint density at radius 3 is 3.00 bits per heavy atom. The summed E-state index contributed by atoms with van der Waals surface area (Å²) >= 11 is 5.68. The van der Waals surface area contributed by atoms with Crippen LogP contribution in [0.15, 0.2) is 18.5 Å². The van der Waals surface area contributed by atoms with E-state index in [1.54, 1.807) is 6.07 Å². The van der Waals surface area contributed by atoms with Crippen LogP contribution < -0.4 is 0 Å². The average molecular weight is 168 g/mol. The van der Waals surface area contributed by atoms with E-state index in [1.807, 2.05) is 0 Å². The van der Waals surface area contributed by atoms with Crippen LogP contribution in [0.3, 0.4) is 0 Å². The van der Waals surface area contributed by atoms with Gasteiger partial charge in [0.25, 0.3) is 0 Å². The molecule has 0 aromatic carbocycles. The summed E-state index contributed by atoms with van der Waals surface area (Å²) in [6, 6.07) is 1.59. The van der Waals surface area contributed by atoms with Gasteiger partial charge in [0.2, 0.25) is 0 Å². The lowest BCUT2D eigenvalue weighted by atomic mass is 10.1. The number of rotatable bonds is 1. The van der Waals surface area contributed by atoms with Gasteiger partial charge in [0.05, 0.1) is 5.02 Å². The molecule has 0 aliphatic carbocycles. The molecule has 0 spiro atoms. The summed E-state index contributed by atoms with van der Waals surface area (Å²) in [6.45, 7) is 0. The van der Waals surface area contributed by atoms with Gasteiger partial charge in [-0.2, -0.15) is 0 Å². The SMILES string of the molecule is C#C[C@H](O)c1ccncc1Cl. The summed E-state index contributed by atoms with van der Waals surface area (Å²) in [5.74, 6) is 2.17. The molecule has 56 valence electrons. The van der Waals surface area contributed by atoms with E-state index < -0.39 is 6.10 Å². The second kappa shape index (κ2) is 3.38. The van der Waals surface area contributed by atoms with Crippen molar-refractivity contribution in [3.63, 3.8) is 0 Å². The van der Waals surface area contributed by atoms with E-state index in [-0.39, 0.29) is 0 Å². The van der Waals surface area contributed by atoms with Crippen LogP contribution in [-0.4, -0.2) is 10.1 Å². The lowest BCUT2D eigenvalue weighted by Gasteiger charge is -2.03. The Labute approximate surface area is 69.8 Å². The van der Waals surface area contributed by atoms with E-state index >= 15 is 0 Å². The van der Waals surface area contributed by atoms with Gasteiger partial charge in [0.1, 0.15) is 6.10 Å². The quantitative estimate of drug-likeness (QED) is 0.642. The molecule has 1 N–H and O–H groups in total. The molecule has 0 radical (unpaired) electrons. The van der Waals surface area contributed by atoms with Crippen molar-refractivity contribution in [2.75, 3.05) is 0 Å². The number of aliphatic hydroxyl groups is 1. The second-order valence-corrected chi connectivity index (χ2v) is 2.37. The molecule has 1 atom stereocenters. The maximum absolute atomic E-state index is 9.16. The highest BCUT2D eigenvalue weighted by Crippen LogP contribution is 2.20. The summed E-state index contributed by atoms with van der Waals surface area (Å²) in [4.78, 5) is 3.75. The van der Waals surface area contributed by atoms with Gasteiger partial charge in [-0.05, 0) is 6.07 Å². The van der Waals surface area contributed by atoms with Crippen molar-refractivity contribution in [1.82, 2.24) is 4.98 Å². The van der Waals surface area contributed by atoms with Crippen molar-refractivity contribution >= 4 is 11.6 Å². The summed E-state index contributed by atoms with van der Waals surface area (Å²) in [5, 5.41) is 9.55. The number of aromatic nitrogens is 1. The first-order chi connectivity index (χ1) is 5.25. The monoisotopic (exact) mass is 167 g/mol. The number of pyridine rings is 1. The van der Waals surface area contributed by atoms with E-state index in [9.17, 15) is 0 Å². The Balaban J connectivity index is 3.05. The zero-order valence-electron chi connectivity index (χ0n) is 5.66. The van der Waals surface area contributed by atoms with Crippen LogP contribution in [-0.2, 0) is 0 Å². The number of terminal acetylenes is 1. The first-order valence-corrected chi connectivity index (χ1v) is 3.37. The summed E-state index contributed by atoms with van der Waals surface area (Å²) < 4.78 is 0. The highest BCUT2D eigenvalue weighted by atomic mass is 35.5. The van der Waals surface area contributed by atoms with Crippen molar-refractivity contribution < 1.29 is 5.11 Å². The third kappa shape index (κ3) is 1.70. The lowest BCUT2D eigenvalue weighted by Crippen LogP contribution is -1.94. The van der Waals surface area contributed by atoms with Crippen LogP contribution >= 0.6 is 11.6 Å². The van der Waals surface area contributed by atoms with Crippen molar-refractivity contribution in [3.8, 4) is 12.3 Å². The molecule has 1 aromatic heterocycles. The standard InChI is InChI=1S/C8H6ClNO/c1-2-8(11)6-3-4-10-5-7(6)9/h1,3-5,8,11H/t8-/m0/s1. The minimum atomic E-state index is -0.939. The molecule has 0 saturated carbocycles. The van der Waals surface area contributed by atoms with Gasteiger partial charge in [-0.15, -0.1) is 6.42 Å². The van der Waals surface area contributed by atoms with E-state index in [2.05, 4.69) is 10.9 Å². The van der Waals surface area contributed by atoms with Crippen LogP contribution in [0.25, 0.3) is 0 Å². The molecule has 0 amide bonds. The topological polar surface area (TPSA) is 33.1 Å². The molecular formula is C8H6ClNO. The number of hydrogen-bond acceptors (Lipinski definition) is 2. The molecule has 0 bridgehead atoms. The van der Waals surface area contributed by atoms with Crippen molar-refractivity contribution in [1.29, 1.82) is 0 Å². The van der Waals surface area contributed by atoms with E-state index in [1.165, 1.54) is 12.4 Å². The number of aliphatic hydroxyl groups excluding tert-OH is 1. The lowest BCUT2D eigenvalue weighted by molar-refractivity contribution is 0.238. The fraction of sp³-hybridized carbons (Fsp3) is 0.125. The van der Waals surface area contributed by atoms with E-state index in [0.717, 1.165) is 0 Å². The third-order valence-electron chi connectivity index (χ3n) is 1.26. The maximum Gasteiger partial charge on any atom is 0.141 e. The summed E-state index contributed by atoms with van der Waals surface area (Å²) in [5.41, 5.74) is 0.518. The maximum atomic E-state index is 9.16. The molecule has 1 rings (SSSR count). The largest absolute Gasteiger partial charge is 0.376 e. The van der Waals surface area contributed by atoms with Gasteiger partial charge in [0.15, 0.2) is 0 Å². The van der Waals surface area contributed by atoms with Gasteiger partial charge in [-0.1, -0.05) is 17.5 Å². The van der Waals surface area contributed by atoms with Crippen LogP contribution in [0.5, 0.6) is 0 Å². The van der Waals surface area contributed by atoms with Crippen molar-refractivity contribution in [2.45, 2.75) is 6.10 Å². The highest BCUT2D eigenvalue weighted by molar-refractivity contribution is 6.31. The Bertz CT molecular complexity index is 292. The predicted molar refractivity (Wildman–Crippen MR) is 43.0 cm³/mol. The first kappa shape index (κ1) is 8.06. The molecule has 11 heavy (non-hydrogen) atoms. The van der Waals surface area contributed by atoms with Gasteiger partial charge in [-0.25, -0.2) is 0 Å². The Morgan fingerprint density at radius 1 is 1.73 bits per heavy atom. The summed E-state index contributed by atoms with van der Waals surface area (Å²) in [7, 11) is 0. The minimum Gasteiger partial charge on any atom is -0.376 e. The predicted octanol–water partition coefficient (Wildman–Crippen LogP) is 1.40. The van der Waals surface area contributed by atoms with Gasteiger partial charge in [-0.3, -0.25) is 4.98 Å². The Kier molecular flexibility index (Phi) is 2.48. The zero-order valence-corrected chi connectivity index (χ0v) is 6.42. The minimum absolute atomic E-state index is 0.387. The molecule has 0 fully saturated rings. The number of nitrogens with zero attached hydrogens (tertiary/aromatic N) is 1. The van der Waals surface area contributed by atoms with E-state index in [0.29, 0.717) is 10.6 Å². The van der Waals surface area contributed by atoms with Gasteiger partial charge in [0, 0.05) is 18.0 Å². The zero-order chi connectivity index (χ0) is 8.27. The fourth-order valence-electron chi connectivity index (χ4n) is 0.697. The van der Waals surface area contributed by atoms with Gasteiger partial charge >= 0.3 is 0 Å². The van der Waals surface area contributed by atoms with Crippen LogP contribution in [0, 0.1) is 12.3 Å². The van der Waals surface area contributed by atoms with Crippen molar-refractivity contribution in [3.05, 3.63) is 29.0 Å². The molecule has 0 unspecified atom stereocenters.